The van der Waals surface area contributed by atoms with E-state index in [0.29, 0.717) is 19.3 Å². The fourth-order valence-corrected chi connectivity index (χ4v) is 2.97. The first kappa shape index (κ1) is 14.2. The Balaban J connectivity index is 2.00. The molecule has 0 aromatic rings. The number of aliphatic hydroxyl groups excluding tert-OH is 2. The summed E-state index contributed by atoms with van der Waals surface area (Å²) in [6.07, 6.45) is 1.11. The molecule has 2 saturated heterocycles. The summed E-state index contributed by atoms with van der Waals surface area (Å²) in [4.78, 5) is 0. The van der Waals surface area contributed by atoms with Crippen LogP contribution in [-0.2, 0) is 14.2 Å². The Morgan fingerprint density at radius 1 is 1.17 bits per heavy atom. The van der Waals surface area contributed by atoms with Gasteiger partial charge in [0.25, 0.3) is 0 Å². The van der Waals surface area contributed by atoms with Gasteiger partial charge in [0, 0.05) is 31.8 Å². The molecule has 106 valence electrons. The van der Waals surface area contributed by atoms with Crippen molar-refractivity contribution in [2.24, 2.45) is 5.41 Å². The van der Waals surface area contributed by atoms with Gasteiger partial charge in [-0.05, 0) is 6.42 Å². The van der Waals surface area contributed by atoms with Crippen molar-refractivity contribution in [2.75, 3.05) is 7.11 Å². The third-order valence-corrected chi connectivity index (χ3v) is 4.24. The van der Waals surface area contributed by atoms with Gasteiger partial charge in [-0.2, -0.15) is 0 Å². The maximum Gasteiger partial charge on any atom is 0.157 e. The summed E-state index contributed by atoms with van der Waals surface area (Å²) in [6.45, 7) is 4.17. The van der Waals surface area contributed by atoms with Crippen molar-refractivity contribution in [3.05, 3.63) is 0 Å². The summed E-state index contributed by atoms with van der Waals surface area (Å²) in [6, 6.07) is 0. The van der Waals surface area contributed by atoms with E-state index in [0.717, 1.165) is 6.42 Å². The Morgan fingerprint density at radius 3 is 2.44 bits per heavy atom. The van der Waals surface area contributed by atoms with Crippen molar-refractivity contribution >= 4 is 0 Å². The van der Waals surface area contributed by atoms with Crippen LogP contribution in [0.4, 0.5) is 0 Å². The van der Waals surface area contributed by atoms with Crippen LogP contribution in [0.25, 0.3) is 0 Å². The first-order valence-electron chi connectivity index (χ1n) is 6.63. The molecule has 0 bridgehead atoms. The van der Waals surface area contributed by atoms with Gasteiger partial charge in [0.1, 0.15) is 0 Å². The molecule has 0 aromatic heterocycles. The van der Waals surface area contributed by atoms with Crippen LogP contribution in [0.3, 0.4) is 0 Å². The zero-order valence-electron chi connectivity index (χ0n) is 11.3. The fraction of sp³-hybridized carbons (Fsp3) is 1.00. The molecule has 2 N–H and O–H groups in total. The highest BCUT2D eigenvalue weighted by molar-refractivity contribution is 4.93. The van der Waals surface area contributed by atoms with Crippen LogP contribution in [0.15, 0.2) is 0 Å². The fourth-order valence-electron chi connectivity index (χ4n) is 2.97. The van der Waals surface area contributed by atoms with E-state index < -0.39 is 12.6 Å². The Labute approximate surface area is 108 Å². The molecule has 2 aliphatic rings. The zero-order chi connectivity index (χ0) is 13.3. The van der Waals surface area contributed by atoms with Crippen molar-refractivity contribution in [2.45, 2.75) is 70.4 Å². The van der Waals surface area contributed by atoms with E-state index >= 15 is 0 Å². The van der Waals surface area contributed by atoms with Gasteiger partial charge in [-0.25, -0.2) is 0 Å². The van der Waals surface area contributed by atoms with Crippen molar-refractivity contribution < 1.29 is 24.4 Å². The van der Waals surface area contributed by atoms with Crippen molar-refractivity contribution in [3.8, 4) is 0 Å². The molecule has 18 heavy (non-hydrogen) atoms. The molecule has 5 nitrogen and oxygen atoms in total. The van der Waals surface area contributed by atoms with E-state index in [1.165, 1.54) is 0 Å². The molecule has 2 heterocycles. The summed E-state index contributed by atoms with van der Waals surface area (Å²) in [5.41, 5.74) is -0.176. The molecule has 5 heteroatoms. The molecule has 2 fully saturated rings. The van der Waals surface area contributed by atoms with E-state index in [-0.39, 0.29) is 23.7 Å². The number of hydrogen-bond acceptors (Lipinski definition) is 5. The highest BCUT2D eigenvalue weighted by Gasteiger charge is 2.46. The van der Waals surface area contributed by atoms with Gasteiger partial charge in [-0.15, -0.1) is 0 Å². The monoisotopic (exact) mass is 260 g/mol. The van der Waals surface area contributed by atoms with Crippen LogP contribution in [0.5, 0.6) is 0 Å². The van der Waals surface area contributed by atoms with E-state index in [9.17, 15) is 10.2 Å². The predicted molar refractivity (Wildman–Crippen MR) is 64.8 cm³/mol. The molecule has 2 aliphatic heterocycles. The number of rotatable bonds is 3. The average molecular weight is 260 g/mol. The minimum Gasteiger partial charge on any atom is -0.381 e. The molecule has 5 atom stereocenters. The van der Waals surface area contributed by atoms with E-state index in [1.54, 1.807) is 7.11 Å². The lowest BCUT2D eigenvalue weighted by Gasteiger charge is -2.46. The number of methoxy groups -OCH3 is 1. The summed E-state index contributed by atoms with van der Waals surface area (Å²) < 4.78 is 16.5. The van der Waals surface area contributed by atoms with Crippen LogP contribution >= 0.6 is 0 Å². The Kier molecular flexibility index (Phi) is 4.29. The molecular weight excluding hydrogens is 236 g/mol. The zero-order valence-corrected chi connectivity index (χ0v) is 11.3. The Morgan fingerprint density at radius 2 is 1.89 bits per heavy atom. The van der Waals surface area contributed by atoms with Crippen LogP contribution in [0.2, 0.25) is 0 Å². The minimum atomic E-state index is -0.778. The topological polar surface area (TPSA) is 68.2 Å². The summed E-state index contributed by atoms with van der Waals surface area (Å²) in [5.74, 6) is 0. The van der Waals surface area contributed by atoms with Crippen LogP contribution in [-0.4, -0.2) is 48.2 Å². The minimum absolute atomic E-state index is 0.00656. The summed E-state index contributed by atoms with van der Waals surface area (Å²) in [5, 5.41) is 19.1. The Bertz CT molecular complexity index is 281. The number of aliphatic hydroxyl groups is 2. The average Bonchev–Trinajstić information content (AvgIpc) is 2.69. The third-order valence-electron chi connectivity index (χ3n) is 4.24. The van der Waals surface area contributed by atoms with Gasteiger partial charge >= 0.3 is 0 Å². The molecule has 0 amide bonds. The second kappa shape index (κ2) is 5.43. The second-order valence-electron chi connectivity index (χ2n) is 5.89. The van der Waals surface area contributed by atoms with E-state index in [4.69, 9.17) is 14.2 Å². The normalized spacial score (nSPS) is 44.2. The molecule has 0 spiro atoms. The molecule has 0 saturated carbocycles. The standard InChI is InChI=1S/C13H24O5/c1-13(2)9(16-3)7-12(15)18-10(13)6-8-4-5-11(14)17-8/h8-12,14-15H,4-7H2,1-3H3/t8-,9-,10-,11?,12?/m1/s1. The second-order valence-corrected chi connectivity index (χ2v) is 5.89. The van der Waals surface area contributed by atoms with Crippen LogP contribution in [0, 0.1) is 5.41 Å². The van der Waals surface area contributed by atoms with Gasteiger partial charge in [0.2, 0.25) is 0 Å². The predicted octanol–water partition coefficient (Wildman–Crippen LogP) is 1.02. The summed E-state index contributed by atoms with van der Waals surface area (Å²) in [7, 11) is 1.66. The maximum absolute atomic E-state index is 9.75. The Hall–Kier alpha value is -0.200. The molecule has 0 aromatic carbocycles. The van der Waals surface area contributed by atoms with Crippen LogP contribution in [0.1, 0.15) is 39.5 Å². The lowest BCUT2D eigenvalue weighted by molar-refractivity contribution is -0.252. The van der Waals surface area contributed by atoms with E-state index in [1.807, 2.05) is 0 Å². The molecule has 0 aliphatic carbocycles. The van der Waals surface area contributed by atoms with Crippen LogP contribution < -0.4 is 0 Å². The van der Waals surface area contributed by atoms with Gasteiger partial charge in [-0.3, -0.25) is 0 Å². The van der Waals surface area contributed by atoms with Gasteiger partial charge < -0.3 is 24.4 Å². The lowest BCUT2D eigenvalue weighted by atomic mass is 9.75. The van der Waals surface area contributed by atoms with Gasteiger partial charge in [0.15, 0.2) is 12.6 Å². The largest absolute Gasteiger partial charge is 0.381 e. The molecule has 2 rings (SSSR count). The smallest absolute Gasteiger partial charge is 0.157 e. The SMILES string of the molecule is CO[C@@H]1CC(O)O[C@H](C[C@H]2CCC(O)O2)C1(C)C. The quantitative estimate of drug-likeness (QED) is 0.793. The first-order chi connectivity index (χ1) is 8.43. The first-order valence-corrected chi connectivity index (χ1v) is 6.63. The van der Waals surface area contributed by atoms with Crippen molar-refractivity contribution in [1.29, 1.82) is 0 Å². The van der Waals surface area contributed by atoms with Crippen molar-refractivity contribution in [1.82, 2.24) is 0 Å². The van der Waals surface area contributed by atoms with E-state index in [2.05, 4.69) is 13.8 Å². The number of hydrogen-bond donors (Lipinski definition) is 2. The summed E-state index contributed by atoms with van der Waals surface area (Å²) >= 11 is 0. The molecular formula is C13H24O5. The van der Waals surface area contributed by atoms with Gasteiger partial charge in [-0.1, -0.05) is 13.8 Å². The van der Waals surface area contributed by atoms with Gasteiger partial charge in [0.05, 0.1) is 18.3 Å². The molecule has 2 unspecified atom stereocenters. The maximum atomic E-state index is 9.75. The lowest BCUT2D eigenvalue weighted by Crippen LogP contribution is -2.52. The highest BCUT2D eigenvalue weighted by Crippen LogP contribution is 2.40. The number of ether oxygens (including phenoxy) is 3. The molecule has 0 radical (unpaired) electrons. The third kappa shape index (κ3) is 2.86. The highest BCUT2D eigenvalue weighted by atomic mass is 16.6. The van der Waals surface area contributed by atoms with Crippen molar-refractivity contribution in [3.63, 3.8) is 0 Å².